The first kappa shape index (κ1) is 26.1. The number of carbonyl (C=O) groups is 2. The quantitative estimate of drug-likeness (QED) is 0.631. The number of alkyl halides is 6. The van der Waals surface area contributed by atoms with Crippen molar-refractivity contribution in [2.24, 2.45) is 0 Å². The predicted molar refractivity (Wildman–Crippen MR) is 102 cm³/mol. The van der Waals surface area contributed by atoms with Gasteiger partial charge in [-0.3, -0.25) is 4.79 Å². The third-order valence-electron chi connectivity index (χ3n) is 5.47. The zero-order valence-corrected chi connectivity index (χ0v) is 17.4. The number of aliphatic carboxylic acids is 1. The molecule has 2 fully saturated rings. The monoisotopic (exact) mass is 512 g/mol. The summed E-state index contributed by atoms with van der Waals surface area (Å²) in [6, 6.07) is 3.96. The Kier molecular flexibility index (Phi) is 7.17. The number of carbonyl (C=O) groups excluding carboxylic acids is 1. The number of rotatable bonds is 3. The Morgan fingerprint density at radius 1 is 1.09 bits per heavy atom. The van der Waals surface area contributed by atoms with E-state index in [0.717, 1.165) is 18.5 Å². The van der Waals surface area contributed by atoms with Crippen LogP contribution in [-0.4, -0.2) is 56.7 Å². The SMILES string of the molecule is O=C(O)C(F)(F)F.O=C1C[C@H]2[C@H](CCN2c2cc(C(F)(F)F)ncn2)N1Cc1cccc(F)c1F. The second kappa shape index (κ2) is 9.62. The van der Waals surface area contributed by atoms with Crippen LogP contribution in [0.3, 0.4) is 0 Å². The number of hydrogen-bond acceptors (Lipinski definition) is 5. The highest BCUT2D eigenvalue weighted by Gasteiger charge is 2.47. The van der Waals surface area contributed by atoms with E-state index in [1.807, 2.05) is 0 Å². The van der Waals surface area contributed by atoms with Crippen LogP contribution in [-0.2, 0) is 22.3 Å². The average molecular weight is 512 g/mol. The van der Waals surface area contributed by atoms with Crippen molar-refractivity contribution >= 4 is 17.7 Å². The predicted octanol–water partition coefficient (Wildman–Crippen LogP) is 3.79. The third-order valence-corrected chi connectivity index (χ3v) is 5.47. The first-order valence-electron chi connectivity index (χ1n) is 9.88. The largest absolute Gasteiger partial charge is 0.490 e. The molecule has 0 spiro atoms. The molecule has 0 bridgehead atoms. The number of amides is 1. The van der Waals surface area contributed by atoms with Gasteiger partial charge in [0.25, 0.3) is 0 Å². The van der Waals surface area contributed by atoms with E-state index >= 15 is 0 Å². The number of aromatic nitrogens is 2. The Hall–Kier alpha value is -3.52. The number of anilines is 1. The van der Waals surface area contributed by atoms with Gasteiger partial charge in [-0.05, 0) is 12.5 Å². The number of halogens is 8. The van der Waals surface area contributed by atoms with Crippen molar-refractivity contribution in [3.8, 4) is 0 Å². The number of fused-ring (bicyclic) bond motifs is 1. The molecule has 2 saturated heterocycles. The van der Waals surface area contributed by atoms with Gasteiger partial charge < -0.3 is 14.9 Å². The molecule has 0 aliphatic carbocycles. The highest BCUT2D eigenvalue weighted by Crippen LogP contribution is 2.37. The molecule has 2 aliphatic heterocycles. The van der Waals surface area contributed by atoms with E-state index in [9.17, 15) is 39.9 Å². The minimum absolute atomic E-state index is 0.0637. The highest BCUT2D eigenvalue weighted by atomic mass is 19.4. The lowest BCUT2D eigenvalue weighted by Gasteiger charge is -2.26. The highest BCUT2D eigenvalue weighted by molar-refractivity contribution is 5.81. The fourth-order valence-electron chi connectivity index (χ4n) is 3.93. The summed E-state index contributed by atoms with van der Waals surface area (Å²) in [7, 11) is 0. The summed E-state index contributed by atoms with van der Waals surface area (Å²) in [6.45, 7) is 0.314. The number of hydrogen-bond donors (Lipinski definition) is 1. The van der Waals surface area contributed by atoms with Crippen LogP contribution in [0.1, 0.15) is 24.1 Å². The van der Waals surface area contributed by atoms with Crippen molar-refractivity contribution < 1.29 is 49.8 Å². The smallest absolute Gasteiger partial charge is 0.475 e. The minimum atomic E-state index is -5.08. The first-order valence-corrected chi connectivity index (χ1v) is 9.88. The standard InChI is InChI=1S/C18H15F5N4O.C2HF3O2/c19-11-3-1-2-10(17(11)20)8-27-12-4-5-26(13(12)6-16(27)28)15-7-14(18(21,22)23)24-9-25-15;3-2(4,5)1(6)7/h1-3,7,9,12-13H,4-6,8H2;(H,6,7)/t12-,13-;/m0./s1. The molecular weight excluding hydrogens is 496 g/mol. The molecule has 15 heteroatoms. The fraction of sp³-hybridized carbons (Fsp3) is 0.400. The molecule has 1 aromatic carbocycles. The lowest BCUT2D eigenvalue weighted by molar-refractivity contribution is -0.192. The van der Waals surface area contributed by atoms with Gasteiger partial charge in [-0.2, -0.15) is 26.3 Å². The molecule has 1 N–H and O–H groups in total. The lowest BCUT2D eigenvalue weighted by Crippen LogP contribution is -2.37. The number of benzene rings is 1. The zero-order valence-electron chi connectivity index (χ0n) is 17.4. The van der Waals surface area contributed by atoms with Crippen LogP contribution in [0, 0.1) is 11.6 Å². The van der Waals surface area contributed by atoms with E-state index in [0.29, 0.717) is 13.0 Å². The van der Waals surface area contributed by atoms with Gasteiger partial charge in [-0.1, -0.05) is 12.1 Å². The molecule has 0 unspecified atom stereocenters. The van der Waals surface area contributed by atoms with E-state index in [1.165, 1.54) is 17.0 Å². The van der Waals surface area contributed by atoms with Crippen molar-refractivity contribution in [1.82, 2.24) is 14.9 Å². The van der Waals surface area contributed by atoms with Gasteiger partial charge >= 0.3 is 18.3 Å². The molecule has 35 heavy (non-hydrogen) atoms. The van der Waals surface area contributed by atoms with Crippen LogP contribution < -0.4 is 4.90 Å². The maximum absolute atomic E-state index is 14.0. The summed E-state index contributed by atoms with van der Waals surface area (Å²) >= 11 is 0. The summed E-state index contributed by atoms with van der Waals surface area (Å²) in [4.78, 5) is 31.7. The molecule has 3 heterocycles. The Balaban J connectivity index is 0.000000429. The van der Waals surface area contributed by atoms with E-state index in [1.54, 1.807) is 4.90 Å². The molecule has 1 amide bonds. The maximum Gasteiger partial charge on any atom is 0.490 e. The minimum Gasteiger partial charge on any atom is -0.475 e. The molecule has 0 saturated carbocycles. The normalized spacial score (nSPS) is 19.9. The fourth-order valence-corrected chi connectivity index (χ4v) is 3.93. The van der Waals surface area contributed by atoms with Crippen molar-refractivity contribution in [2.75, 3.05) is 11.4 Å². The molecule has 0 radical (unpaired) electrons. The van der Waals surface area contributed by atoms with Crippen LogP contribution in [0.5, 0.6) is 0 Å². The topological polar surface area (TPSA) is 86.6 Å². The van der Waals surface area contributed by atoms with Gasteiger partial charge in [-0.15, -0.1) is 0 Å². The Bertz CT molecular complexity index is 1110. The molecule has 4 rings (SSSR count). The Morgan fingerprint density at radius 2 is 1.74 bits per heavy atom. The van der Waals surface area contributed by atoms with Crippen LogP contribution >= 0.6 is 0 Å². The van der Waals surface area contributed by atoms with Crippen LogP contribution in [0.2, 0.25) is 0 Å². The van der Waals surface area contributed by atoms with Gasteiger partial charge in [0, 0.05) is 31.1 Å². The van der Waals surface area contributed by atoms with Gasteiger partial charge in [0.15, 0.2) is 11.6 Å². The number of nitrogens with zero attached hydrogens (tertiary/aromatic N) is 4. The average Bonchev–Trinajstić information content (AvgIpc) is 3.29. The van der Waals surface area contributed by atoms with Crippen molar-refractivity contribution in [1.29, 1.82) is 0 Å². The molecule has 2 aliphatic rings. The van der Waals surface area contributed by atoms with Crippen LogP contribution in [0.15, 0.2) is 30.6 Å². The molecule has 7 nitrogen and oxygen atoms in total. The second-order valence-electron chi connectivity index (χ2n) is 7.62. The summed E-state index contributed by atoms with van der Waals surface area (Å²) in [6.07, 6.45) is -8.25. The molecule has 190 valence electrons. The van der Waals surface area contributed by atoms with Crippen LogP contribution in [0.25, 0.3) is 0 Å². The van der Waals surface area contributed by atoms with E-state index in [4.69, 9.17) is 9.90 Å². The zero-order chi connectivity index (χ0) is 26.1. The third kappa shape index (κ3) is 5.77. The number of carboxylic acid groups (broad SMARTS) is 1. The summed E-state index contributed by atoms with van der Waals surface area (Å²) in [5, 5.41) is 7.12. The van der Waals surface area contributed by atoms with Gasteiger partial charge in [-0.25, -0.2) is 23.5 Å². The van der Waals surface area contributed by atoms with E-state index in [-0.39, 0.29) is 42.3 Å². The van der Waals surface area contributed by atoms with Gasteiger partial charge in [0.2, 0.25) is 5.91 Å². The van der Waals surface area contributed by atoms with E-state index < -0.39 is 35.7 Å². The van der Waals surface area contributed by atoms with Gasteiger partial charge in [0.05, 0.1) is 12.1 Å². The molecular formula is C20H16F8N4O3. The summed E-state index contributed by atoms with van der Waals surface area (Å²) < 4.78 is 97.9. The van der Waals surface area contributed by atoms with Crippen molar-refractivity contribution in [3.05, 3.63) is 53.5 Å². The Morgan fingerprint density at radius 3 is 2.34 bits per heavy atom. The van der Waals surface area contributed by atoms with Gasteiger partial charge in [0.1, 0.15) is 17.8 Å². The second-order valence-corrected chi connectivity index (χ2v) is 7.62. The first-order chi connectivity index (χ1) is 16.2. The maximum atomic E-state index is 14.0. The Labute approximate surface area is 192 Å². The molecule has 2 atom stereocenters. The molecule has 2 aromatic rings. The number of carboxylic acids is 1. The van der Waals surface area contributed by atoms with Crippen LogP contribution in [0.4, 0.5) is 40.9 Å². The summed E-state index contributed by atoms with van der Waals surface area (Å²) in [5.41, 5.74) is -0.988. The van der Waals surface area contributed by atoms with Crippen molar-refractivity contribution in [3.63, 3.8) is 0 Å². The number of likely N-dealkylation sites (tertiary alicyclic amines) is 1. The summed E-state index contributed by atoms with van der Waals surface area (Å²) in [5.74, 6) is -4.91. The molecule has 1 aromatic heterocycles. The van der Waals surface area contributed by atoms with E-state index in [2.05, 4.69) is 9.97 Å². The van der Waals surface area contributed by atoms with Crippen molar-refractivity contribution in [2.45, 2.75) is 43.8 Å². The lowest BCUT2D eigenvalue weighted by atomic mass is 10.1.